The molecule has 0 aliphatic carbocycles. The highest BCUT2D eigenvalue weighted by Crippen LogP contribution is 2.29. The molecule has 7 nitrogen and oxygen atoms in total. The maximum atomic E-state index is 12.5. The van der Waals surface area contributed by atoms with Crippen molar-refractivity contribution in [2.75, 3.05) is 6.54 Å². The van der Waals surface area contributed by atoms with Gasteiger partial charge in [-0.05, 0) is 45.7 Å². The van der Waals surface area contributed by atoms with E-state index in [2.05, 4.69) is 9.97 Å². The summed E-state index contributed by atoms with van der Waals surface area (Å²) in [5, 5.41) is 19.9. The molecule has 7 heteroatoms. The summed E-state index contributed by atoms with van der Waals surface area (Å²) in [5.74, 6) is 0.378. The number of cyclic esters (lactones) is 1. The zero-order chi connectivity index (χ0) is 22.1. The van der Waals surface area contributed by atoms with Gasteiger partial charge < -0.3 is 19.8 Å². The third-order valence-electron chi connectivity index (χ3n) is 5.31. The van der Waals surface area contributed by atoms with Crippen molar-refractivity contribution in [3.63, 3.8) is 0 Å². The van der Waals surface area contributed by atoms with Gasteiger partial charge in [0.2, 0.25) is 0 Å². The number of ether oxygens (including phenoxy) is 1. The van der Waals surface area contributed by atoms with Gasteiger partial charge in [0.05, 0.1) is 11.6 Å². The number of aliphatic hydroxyl groups is 2. The number of carbonyl (C=O) groups excluding carboxylic acids is 1. The van der Waals surface area contributed by atoms with Crippen LogP contribution in [0.2, 0.25) is 0 Å². The van der Waals surface area contributed by atoms with E-state index in [1.54, 1.807) is 45.0 Å². The first kappa shape index (κ1) is 22.2. The van der Waals surface area contributed by atoms with E-state index in [4.69, 9.17) is 4.74 Å². The van der Waals surface area contributed by atoms with E-state index in [-0.39, 0.29) is 18.2 Å². The van der Waals surface area contributed by atoms with Crippen molar-refractivity contribution in [1.82, 2.24) is 14.9 Å². The normalized spacial score (nSPS) is 18.8. The van der Waals surface area contributed by atoms with Gasteiger partial charge in [-0.25, -0.2) is 14.8 Å². The summed E-state index contributed by atoms with van der Waals surface area (Å²) >= 11 is 0. The van der Waals surface area contributed by atoms with E-state index in [0.717, 1.165) is 16.7 Å². The highest BCUT2D eigenvalue weighted by Gasteiger charge is 2.33. The van der Waals surface area contributed by atoms with Crippen LogP contribution in [0.5, 0.6) is 0 Å². The average Bonchev–Trinajstić information content (AvgIpc) is 2.66. The van der Waals surface area contributed by atoms with Crippen molar-refractivity contribution in [1.29, 1.82) is 0 Å². The molecule has 1 aromatic carbocycles. The minimum absolute atomic E-state index is 0.122. The molecule has 1 saturated heterocycles. The molecule has 30 heavy (non-hydrogen) atoms. The lowest BCUT2D eigenvalue weighted by molar-refractivity contribution is -0.0309. The summed E-state index contributed by atoms with van der Waals surface area (Å²) in [7, 11) is 0. The molecule has 2 aromatic rings. The first-order chi connectivity index (χ1) is 13.9. The fraction of sp³-hybridized carbons (Fsp3) is 0.522. The van der Waals surface area contributed by atoms with Crippen molar-refractivity contribution in [2.24, 2.45) is 0 Å². The van der Waals surface area contributed by atoms with E-state index in [9.17, 15) is 15.0 Å². The smallest absolute Gasteiger partial charge is 0.410 e. The van der Waals surface area contributed by atoms with Gasteiger partial charge in [0.1, 0.15) is 11.7 Å². The molecule has 2 N–H and O–H groups in total. The molecule has 2 atom stereocenters. The van der Waals surface area contributed by atoms with Gasteiger partial charge in [-0.1, -0.05) is 24.3 Å². The topological polar surface area (TPSA) is 95.8 Å². The molecule has 0 spiro atoms. The minimum atomic E-state index is -1.08. The molecule has 1 fully saturated rings. The molecule has 162 valence electrons. The van der Waals surface area contributed by atoms with E-state index in [0.29, 0.717) is 25.2 Å². The van der Waals surface area contributed by atoms with Gasteiger partial charge in [0.15, 0.2) is 5.82 Å². The van der Waals surface area contributed by atoms with Crippen LogP contribution in [-0.2, 0) is 10.3 Å². The number of hydrogen-bond donors (Lipinski definition) is 2. The van der Waals surface area contributed by atoms with Gasteiger partial charge in [-0.3, -0.25) is 0 Å². The second-order valence-electron chi connectivity index (χ2n) is 9.16. The van der Waals surface area contributed by atoms with Crippen LogP contribution in [0.25, 0.3) is 11.1 Å². The maximum absolute atomic E-state index is 12.5. The molecule has 1 aliphatic rings. The third-order valence-corrected chi connectivity index (χ3v) is 5.31. The molecule has 1 amide bonds. The van der Waals surface area contributed by atoms with Crippen molar-refractivity contribution in [3.8, 4) is 11.1 Å². The van der Waals surface area contributed by atoms with Crippen molar-refractivity contribution in [3.05, 3.63) is 48.0 Å². The van der Waals surface area contributed by atoms with Crippen molar-refractivity contribution in [2.45, 2.75) is 70.8 Å². The Morgan fingerprint density at radius 1 is 1.10 bits per heavy atom. The quantitative estimate of drug-likeness (QED) is 0.748. The Hall–Kier alpha value is -2.51. The molecule has 2 heterocycles. The van der Waals surface area contributed by atoms with Crippen LogP contribution in [0, 0.1) is 0 Å². The van der Waals surface area contributed by atoms with Crippen LogP contribution in [0.4, 0.5) is 4.79 Å². The third kappa shape index (κ3) is 5.34. The first-order valence-electron chi connectivity index (χ1n) is 10.3. The van der Waals surface area contributed by atoms with Crippen LogP contribution in [0.15, 0.2) is 36.7 Å². The summed E-state index contributed by atoms with van der Waals surface area (Å²) in [5.41, 5.74) is 0.885. The van der Waals surface area contributed by atoms with Gasteiger partial charge in [0, 0.05) is 37.3 Å². The van der Waals surface area contributed by atoms with Gasteiger partial charge in [-0.15, -0.1) is 0 Å². The molecule has 0 bridgehead atoms. The highest BCUT2D eigenvalue weighted by molar-refractivity contribution is 5.69. The zero-order valence-corrected chi connectivity index (χ0v) is 18.3. The minimum Gasteiger partial charge on any atom is -0.446 e. The van der Waals surface area contributed by atoms with Gasteiger partial charge in [-0.2, -0.15) is 0 Å². The second kappa shape index (κ2) is 8.32. The Balaban J connectivity index is 1.67. The maximum Gasteiger partial charge on any atom is 0.410 e. The lowest BCUT2D eigenvalue weighted by atomic mass is 9.97. The molecular weight excluding hydrogens is 382 g/mol. The Labute approximate surface area is 177 Å². The Morgan fingerprint density at radius 3 is 2.20 bits per heavy atom. The fourth-order valence-electron chi connectivity index (χ4n) is 3.62. The molecule has 2 unspecified atom stereocenters. The van der Waals surface area contributed by atoms with Crippen LogP contribution < -0.4 is 0 Å². The molecular formula is C23H31N3O4. The SMILES string of the molecule is CC(c1ccc(-c2cnc(C(C)(C)O)nc2)cc1)N1CCC(CC(C)(C)O)OC1=O. The Kier molecular flexibility index (Phi) is 6.15. The van der Waals surface area contributed by atoms with Crippen molar-refractivity contribution >= 4 is 6.09 Å². The second-order valence-corrected chi connectivity index (χ2v) is 9.16. The molecule has 0 radical (unpaired) electrons. The summed E-state index contributed by atoms with van der Waals surface area (Å²) in [6.07, 6.45) is 3.93. The van der Waals surface area contributed by atoms with Crippen molar-refractivity contribution < 1.29 is 19.7 Å². The number of benzene rings is 1. The first-order valence-corrected chi connectivity index (χ1v) is 10.3. The van der Waals surface area contributed by atoms with E-state index in [1.807, 2.05) is 31.2 Å². The van der Waals surface area contributed by atoms with E-state index < -0.39 is 11.2 Å². The lowest BCUT2D eigenvalue weighted by Gasteiger charge is -2.37. The number of aromatic nitrogens is 2. The number of nitrogens with zero attached hydrogens (tertiary/aromatic N) is 3. The van der Waals surface area contributed by atoms with Crippen LogP contribution >= 0.6 is 0 Å². The monoisotopic (exact) mass is 413 g/mol. The predicted molar refractivity (Wildman–Crippen MR) is 114 cm³/mol. The molecule has 1 aromatic heterocycles. The summed E-state index contributed by atoms with van der Waals surface area (Å²) in [4.78, 5) is 22.7. The van der Waals surface area contributed by atoms with Gasteiger partial charge >= 0.3 is 6.09 Å². The van der Waals surface area contributed by atoms with Crippen LogP contribution in [0.3, 0.4) is 0 Å². The lowest BCUT2D eigenvalue weighted by Crippen LogP contribution is -2.45. The predicted octanol–water partition coefficient (Wildman–Crippen LogP) is 3.80. The summed E-state index contributed by atoms with van der Waals surface area (Å²) in [6.45, 7) is 9.32. The van der Waals surface area contributed by atoms with Crippen LogP contribution in [0.1, 0.15) is 64.9 Å². The summed E-state index contributed by atoms with van der Waals surface area (Å²) in [6, 6.07) is 7.80. The largest absolute Gasteiger partial charge is 0.446 e. The van der Waals surface area contributed by atoms with Crippen LogP contribution in [-0.4, -0.2) is 49.4 Å². The molecule has 0 saturated carbocycles. The van der Waals surface area contributed by atoms with E-state index in [1.165, 1.54) is 0 Å². The molecule has 3 rings (SSSR count). The zero-order valence-electron chi connectivity index (χ0n) is 18.3. The standard InChI is InChI=1S/C23H31N3O4/c1-15(26-11-10-19(30-21(26)27)12-22(2,3)28)16-6-8-17(9-7-16)18-13-24-20(25-14-18)23(4,5)29/h6-9,13-15,19,28-29H,10-12H2,1-5H3. The number of hydrogen-bond acceptors (Lipinski definition) is 6. The number of rotatable bonds is 6. The Bertz CT molecular complexity index is 867. The molecule has 1 aliphatic heterocycles. The Morgan fingerprint density at radius 2 is 1.70 bits per heavy atom. The number of amides is 1. The summed E-state index contributed by atoms with van der Waals surface area (Å²) < 4.78 is 5.54. The van der Waals surface area contributed by atoms with E-state index >= 15 is 0 Å². The highest BCUT2D eigenvalue weighted by atomic mass is 16.6. The number of carbonyl (C=O) groups is 1. The van der Waals surface area contributed by atoms with Gasteiger partial charge in [0.25, 0.3) is 0 Å². The average molecular weight is 414 g/mol. The fourth-order valence-corrected chi connectivity index (χ4v) is 3.62.